The number of hydrogen-bond acceptors (Lipinski definition) is 3. The average molecular weight is 272 g/mol. The van der Waals surface area contributed by atoms with Gasteiger partial charge in [-0.1, -0.05) is 18.9 Å². The first-order chi connectivity index (χ1) is 9.79. The number of pyridine rings is 1. The van der Waals surface area contributed by atoms with Crippen LogP contribution >= 0.6 is 0 Å². The second-order valence-electron chi connectivity index (χ2n) is 6.81. The molecule has 0 amide bonds. The highest BCUT2D eigenvalue weighted by molar-refractivity contribution is 5.17. The highest BCUT2D eigenvalue weighted by atomic mass is 16.5. The minimum Gasteiger partial charge on any atom is -0.377 e. The first kappa shape index (κ1) is 12.8. The fourth-order valence-electron chi connectivity index (χ4n) is 4.92. The maximum atomic E-state index is 6.04. The number of aromatic nitrogens is 1. The van der Waals surface area contributed by atoms with Crippen molar-refractivity contribution in [3.8, 4) is 0 Å². The smallest absolute Gasteiger partial charge is 0.0690 e. The number of rotatable bonds is 3. The van der Waals surface area contributed by atoms with Crippen LogP contribution in [0.2, 0.25) is 0 Å². The molecule has 3 heteroatoms. The number of hydrogen-bond donors (Lipinski definition) is 1. The summed E-state index contributed by atoms with van der Waals surface area (Å²) in [6.07, 6.45) is 7.26. The quantitative estimate of drug-likeness (QED) is 0.918. The Balaban J connectivity index is 1.47. The van der Waals surface area contributed by atoms with Gasteiger partial charge in [0.2, 0.25) is 0 Å². The molecule has 2 saturated carbocycles. The summed E-state index contributed by atoms with van der Waals surface area (Å²) in [5, 5.41) is 3.82. The maximum absolute atomic E-state index is 6.04. The summed E-state index contributed by atoms with van der Waals surface area (Å²) in [5.41, 5.74) is 2.72. The summed E-state index contributed by atoms with van der Waals surface area (Å²) in [6.45, 7) is 3.93. The van der Waals surface area contributed by atoms with E-state index in [4.69, 9.17) is 4.74 Å². The molecular weight excluding hydrogens is 248 g/mol. The van der Waals surface area contributed by atoms with Crippen molar-refractivity contribution >= 4 is 0 Å². The molecule has 1 N–H and O–H groups in total. The van der Waals surface area contributed by atoms with Gasteiger partial charge in [-0.25, -0.2) is 0 Å². The topological polar surface area (TPSA) is 34.1 Å². The van der Waals surface area contributed by atoms with Crippen LogP contribution in [-0.4, -0.2) is 23.7 Å². The van der Waals surface area contributed by atoms with Gasteiger partial charge < -0.3 is 10.1 Å². The molecule has 4 rings (SSSR count). The minimum absolute atomic E-state index is 0.449. The summed E-state index contributed by atoms with van der Waals surface area (Å²) in [7, 11) is 0. The highest BCUT2D eigenvalue weighted by Crippen LogP contribution is 2.60. The molecule has 1 unspecified atom stereocenters. The lowest BCUT2D eigenvalue weighted by molar-refractivity contribution is -0.131. The number of nitrogens with one attached hydrogen (secondary N) is 1. The van der Waals surface area contributed by atoms with Crippen molar-refractivity contribution in [1.82, 2.24) is 10.3 Å². The molecular formula is C17H24N2O. The summed E-state index contributed by atoms with van der Waals surface area (Å²) in [5.74, 6) is 0.748. The predicted molar refractivity (Wildman–Crippen MR) is 78.3 cm³/mol. The summed E-state index contributed by atoms with van der Waals surface area (Å²) < 4.78 is 6.04. The number of ether oxygens (including phenoxy) is 1. The normalized spacial score (nSPS) is 34.1. The zero-order chi connectivity index (χ0) is 13.6. The zero-order valence-corrected chi connectivity index (χ0v) is 12.3. The van der Waals surface area contributed by atoms with Crippen molar-refractivity contribution < 1.29 is 4.74 Å². The lowest BCUT2D eigenvalue weighted by atomic mass is 9.54. The van der Waals surface area contributed by atoms with Gasteiger partial charge in [-0.15, -0.1) is 0 Å². The van der Waals surface area contributed by atoms with Gasteiger partial charge in [-0.3, -0.25) is 4.98 Å². The predicted octanol–water partition coefficient (Wildman–Crippen LogP) is 2.83. The molecule has 3 fully saturated rings. The lowest BCUT2D eigenvalue weighted by Crippen LogP contribution is -2.67. The van der Waals surface area contributed by atoms with Gasteiger partial charge >= 0.3 is 0 Å². The van der Waals surface area contributed by atoms with E-state index in [9.17, 15) is 0 Å². The van der Waals surface area contributed by atoms with Crippen LogP contribution in [0, 0.1) is 18.3 Å². The molecule has 0 bridgehead atoms. The Morgan fingerprint density at radius 1 is 1.35 bits per heavy atom. The van der Waals surface area contributed by atoms with Gasteiger partial charge in [0.15, 0.2) is 0 Å². The zero-order valence-electron chi connectivity index (χ0n) is 12.3. The van der Waals surface area contributed by atoms with Crippen LogP contribution < -0.4 is 5.32 Å². The van der Waals surface area contributed by atoms with E-state index < -0.39 is 0 Å². The Kier molecular flexibility index (Phi) is 3.08. The highest BCUT2D eigenvalue weighted by Gasteiger charge is 2.64. The van der Waals surface area contributed by atoms with Crippen molar-refractivity contribution in [3.05, 3.63) is 29.6 Å². The summed E-state index contributed by atoms with van der Waals surface area (Å²) >= 11 is 0. The molecule has 20 heavy (non-hydrogen) atoms. The SMILES string of the molecule is Cc1cccc(CNC2[C@@H]3CCO[C@@H]3C23CCCC3)n1. The fraction of sp³-hybridized carbons (Fsp3) is 0.706. The van der Waals surface area contributed by atoms with Gasteiger partial charge in [-0.2, -0.15) is 0 Å². The number of fused-ring (bicyclic) bond motifs is 2. The first-order valence-electron chi connectivity index (χ1n) is 8.07. The van der Waals surface area contributed by atoms with Gasteiger partial charge in [0.1, 0.15) is 0 Å². The van der Waals surface area contributed by atoms with Gasteiger partial charge in [-0.05, 0) is 38.3 Å². The molecule has 3 aliphatic rings. The Bertz CT molecular complexity index is 496. The Hall–Kier alpha value is -0.930. The molecule has 1 saturated heterocycles. The van der Waals surface area contributed by atoms with E-state index in [1.54, 1.807) is 0 Å². The molecule has 1 aromatic rings. The third kappa shape index (κ3) is 1.83. The van der Waals surface area contributed by atoms with Crippen LogP contribution in [-0.2, 0) is 11.3 Å². The molecule has 0 radical (unpaired) electrons. The average Bonchev–Trinajstić information content (AvgIpc) is 3.06. The molecule has 3 nitrogen and oxygen atoms in total. The molecule has 2 aliphatic carbocycles. The third-order valence-corrected chi connectivity index (χ3v) is 5.74. The van der Waals surface area contributed by atoms with Crippen LogP contribution in [0.15, 0.2) is 18.2 Å². The fourth-order valence-corrected chi connectivity index (χ4v) is 4.92. The van der Waals surface area contributed by atoms with E-state index in [0.29, 0.717) is 17.6 Å². The van der Waals surface area contributed by atoms with Gasteiger partial charge in [0, 0.05) is 36.2 Å². The van der Waals surface area contributed by atoms with Crippen molar-refractivity contribution in [3.63, 3.8) is 0 Å². The number of nitrogens with zero attached hydrogens (tertiary/aromatic N) is 1. The van der Waals surface area contributed by atoms with E-state index in [0.717, 1.165) is 24.8 Å². The summed E-state index contributed by atoms with van der Waals surface area (Å²) in [6, 6.07) is 6.95. The second kappa shape index (κ2) is 4.81. The summed E-state index contributed by atoms with van der Waals surface area (Å²) in [4.78, 5) is 4.61. The first-order valence-corrected chi connectivity index (χ1v) is 8.07. The monoisotopic (exact) mass is 272 g/mol. The minimum atomic E-state index is 0.449. The Morgan fingerprint density at radius 2 is 2.20 bits per heavy atom. The van der Waals surface area contributed by atoms with Crippen LogP contribution in [0.5, 0.6) is 0 Å². The maximum Gasteiger partial charge on any atom is 0.0690 e. The van der Waals surface area contributed by atoms with Crippen molar-refractivity contribution in [2.45, 2.75) is 57.7 Å². The molecule has 1 aromatic heterocycles. The van der Waals surface area contributed by atoms with Crippen molar-refractivity contribution in [2.75, 3.05) is 6.61 Å². The van der Waals surface area contributed by atoms with Crippen molar-refractivity contribution in [1.29, 1.82) is 0 Å². The molecule has 1 spiro atoms. The molecule has 3 atom stereocenters. The van der Waals surface area contributed by atoms with Crippen LogP contribution in [0.1, 0.15) is 43.5 Å². The van der Waals surface area contributed by atoms with E-state index in [-0.39, 0.29) is 0 Å². The molecule has 2 heterocycles. The van der Waals surface area contributed by atoms with Gasteiger partial charge in [0.05, 0.1) is 11.8 Å². The van der Waals surface area contributed by atoms with E-state index in [2.05, 4.69) is 35.4 Å². The van der Waals surface area contributed by atoms with Crippen molar-refractivity contribution in [2.24, 2.45) is 11.3 Å². The second-order valence-corrected chi connectivity index (χ2v) is 6.81. The van der Waals surface area contributed by atoms with Gasteiger partial charge in [0.25, 0.3) is 0 Å². The molecule has 1 aliphatic heterocycles. The Labute approximate surface area is 121 Å². The third-order valence-electron chi connectivity index (χ3n) is 5.74. The largest absolute Gasteiger partial charge is 0.377 e. The van der Waals surface area contributed by atoms with E-state index >= 15 is 0 Å². The van der Waals surface area contributed by atoms with Crippen LogP contribution in [0.4, 0.5) is 0 Å². The molecule has 108 valence electrons. The van der Waals surface area contributed by atoms with E-state index in [1.807, 2.05) is 0 Å². The number of aryl methyl sites for hydroxylation is 1. The Morgan fingerprint density at radius 3 is 3.00 bits per heavy atom. The standard InChI is InChI=1S/C17H24N2O/c1-12-5-4-6-13(19-12)11-18-15-14-7-10-20-16(14)17(15)8-2-3-9-17/h4-6,14-16,18H,2-3,7-11H2,1H3/t14-,15?,16-/m0/s1. The molecule has 0 aromatic carbocycles. The van der Waals surface area contributed by atoms with E-state index in [1.165, 1.54) is 37.8 Å². The lowest BCUT2D eigenvalue weighted by Gasteiger charge is -2.57. The van der Waals surface area contributed by atoms with Crippen LogP contribution in [0.25, 0.3) is 0 Å². The van der Waals surface area contributed by atoms with Crippen LogP contribution in [0.3, 0.4) is 0 Å².